The molecule has 8 heteroatoms. The van der Waals surface area contributed by atoms with Gasteiger partial charge in [-0.1, -0.05) is 23.7 Å². The smallest absolute Gasteiger partial charge is 0.273 e. The van der Waals surface area contributed by atoms with Gasteiger partial charge in [0.05, 0.1) is 21.7 Å². The molecule has 1 N–H and O–H groups in total. The summed E-state index contributed by atoms with van der Waals surface area (Å²) in [5.41, 5.74) is -0.783. The molecule has 1 amide bonds. The normalized spacial score (nSPS) is 11.0. The first-order valence-electron chi connectivity index (χ1n) is 7.73. The summed E-state index contributed by atoms with van der Waals surface area (Å²) < 4.78 is 1.73. The lowest BCUT2D eigenvalue weighted by Gasteiger charge is -2.20. The van der Waals surface area contributed by atoms with Gasteiger partial charge in [-0.2, -0.15) is 0 Å². The van der Waals surface area contributed by atoms with E-state index in [1.165, 1.54) is 11.3 Å². The molecule has 3 aromatic rings. The van der Waals surface area contributed by atoms with Crippen LogP contribution in [-0.2, 0) is 17.9 Å². The van der Waals surface area contributed by atoms with Gasteiger partial charge in [-0.05, 0) is 31.2 Å². The van der Waals surface area contributed by atoms with E-state index in [-0.39, 0.29) is 12.5 Å². The number of H-pyrrole nitrogens is 1. The van der Waals surface area contributed by atoms with Crippen LogP contribution in [0, 0.1) is 0 Å². The SMILES string of the molecule is CCN(Cc1ccc(Cl)s1)C(=O)Cn1[nH]c(=O)c2ccccc2c1=O. The lowest BCUT2D eigenvalue weighted by Crippen LogP contribution is -2.38. The van der Waals surface area contributed by atoms with Gasteiger partial charge in [0.2, 0.25) is 5.91 Å². The number of aromatic amines is 1. The molecule has 0 aliphatic heterocycles. The predicted molar refractivity (Wildman–Crippen MR) is 99.2 cm³/mol. The molecule has 0 fully saturated rings. The van der Waals surface area contributed by atoms with Crippen molar-refractivity contribution >= 4 is 39.6 Å². The van der Waals surface area contributed by atoms with Crippen LogP contribution in [-0.4, -0.2) is 27.1 Å². The molecule has 0 saturated heterocycles. The van der Waals surface area contributed by atoms with Crippen LogP contribution in [0.5, 0.6) is 0 Å². The maximum Gasteiger partial charge on any atom is 0.273 e. The first-order valence-corrected chi connectivity index (χ1v) is 8.93. The van der Waals surface area contributed by atoms with E-state index >= 15 is 0 Å². The molecule has 0 unspecified atom stereocenters. The molecule has 6 nitrogen and oxygen atoms in total. The lowest BCUT2D eigenvalue weighted by molar-refractivity contribution is -0.132. The Morgan fingerprint density at radius 3 is 2.56 bits per heavy atom. The predicted octanol–water partition coefficient (Wildman–Crippen LogP) is 2.45. The number of carbonyl (C=O) groups excluding carboxylic acids is 1. The van der Waals surface area contributed by atoms with E-state index in [2.05, 4.69) is 5.10 Å². The first kappa shape index (κ1) is 17.4. The van der Waals surface area contributed by atoms with E-state index < -0.39 is 11.1 Å². The molecule has 0 aliphatic carbocycles. The molecular weight excluding hydrogens is 362 g/mol. The average Bonchev–Trinajstić information content (AvgIpc) is 3.02. The van der Waals surface area contributed by atoms with Crippen molar-refractivity contribution < 1.29 is 4.79 Å². The Morgan fingerprint density at radius 2 is 1.92 bits per heavy atom. The highest BCUT2D eigenvalue weighted by atomic mass is 35.5. The van der Waals surface area contributed by atoms with E-state index in [1.807, 2.05) is 13.0 Å². The molecule has 3 rings (SSSR count). The number of nitrogens with one attached hydrogen (secondary N) is 1. The largest absolute Gasteiger partial charge is 0.336 e. The highest BCUT2D eigenvalue weighted by Crippen LogP contribution is 2.22. The third-order valence-electron chi connectivity index (χ3n) is 3.89. The Balaban J connectivity index is 1.87. The molecular formula is C17H16ClN3O3S. The fourth-order valence-corrected chi connectivity index (χ4v) is 3.70. The fraction of sp³-hybridized carbons (Fsp3) is 0.235. The first-order chi connectivity index (χ1) is 12.0. The summed E-state index contributed by atoms with van der Waals surface area (Å²) in [5, 5.41) is 3.09. The number of rotatable bonds is 5. The molecule has 130 valence electrons. The molecule has 2 heterocycles. The zero-order chi connectivity index (χ0) is 18.0. The van der Waals surface area contributed by atoms with Crippen LogP contribution in [0.25, 0.3) is 10.8 Å². The second kappa shape index (κ2) is 7.25. The Hall–Kier alpha value is -2.38. The minimum atomic E-state index is -0.393. The molecule has 2 aromatic heterocycles. The van der Waals surface area contributed by atoms with Crippen LogP contribution < -0.4 is 11.1 Å². The van der Waals surface area contributed by atoms with E-state index in [9.17, 15) is 14.4 Å². The molecule has 0 atom stereocenters. The summed E-state index contributed by atoms with van der Waals surface area (Å²) in [6, 6.07) is 10.2. The Kier molecular flexibility index (Phi) is 5.06. The summed E-state index contributed by atoms with van der Waals surface area (Å²) >= 11 is 7.33. The molecule has 0 bridgehead atoms. The van der Waals surface area contributed by atoms with E-state index in [4.69, 9.17) is 11.6 Å². The molecule has 0 spiro atoms. The summed E-state index contributed by atoms with van der Waals surface area (Å²) in [6.07, 6.45) is 0. The molecule has 1 aromatic carbocycles. The minimum absolute atomic E-state index is 0.216. The van der Waals surface area contributed by atoms with Gasteiger partial charge in [0, 0.05) is 11.4 Å². The van der Waals surface area contributed by atoms with E-state index in [0.29, 0.717) is 28.2 Å². The highest BCUT2D eigenvalue weighted by Gasteiger charge is 2.16. The molecule has 25 heavy (non-hydrogen) atoms. The number of hydrogen-bond acceptors (Lipinski definition) is 4. The maximum atomic E-state index is 12.6. The van der Waals surface area contributed by atoms with Crippen LogP contribution in [0.2, 0.25) is 4.34 Å². The quantitative estimate of drug-likeness (QED) is 0.742. The van der Waals surface area contributed by atoms with Gasteiger partial charge in [-0.3, -0.25) is 19.5 Å². The van der Waals surface area contributed by atoms with Gasteiger partial charge in [-0.15, -0.1) is 11.3 Å². The fourth-order valence-electron chi connectivity index (χ4n) is 2.59. The van der Waals surface area contributed by atoms with Crippen LogP contribution in [0.1, 0.15) is 11.8 Å². The van der Waals surface area contributed by atoms with Gasteiger partial charge in [0.25, 0.3) is 11.1 Å². The Labute approximate surface area is 152 Å². The number of amides is 1. The van der Waals surface area contributed by atoms with E-state index in [1.54, 1.807) is 35.2 Å². The van der Waals surface area contributed by atoms with Crippen molar-refractivity contribution in [3.63, 3.8) is 0 Å². The van der Waals surface area contributed by atoms with Gasteiger partial charge < -0.3 is 4.90 Å². The average molecular weight is 378 g/mol. The third kappa shape index (κ3) is 3.67. The summed E-state index contributed by atoms with van der Waals surface area (Å²) in [6.45, 7) is 2.55. The number of fused-ring (bicyclic) bond motifs is 1. The van der Waals surface area contributed by atoms with E-state index in [0.717, 1.165) is 9.56 Å². The number of aromatic nitrogens is 2. The molecule has 0 aliphatic rings. The zero-order valence-corrected chi connectivity index (χ0v) is 15.1. The Morgan fingerprint density at radius 1 is 1.20 bits per heavy atom. The number of thiophene rings is 1. The molecule has 0 saturated carbocycles. The summed E-state index contributed by atoms with van der Waals surface area (Å²) in [5.74, 6) is -0.250. The minimum Gasteiger partial charge on any atom is -0.336 e. The number of benzene rings is 1. The summed E-state index contributed by atoms with van der Waals surface area (Å²) in [7, 11) is 0. The van der Waals surface area contributed by atoms with Crippen LogP contribution in [0.4, 0.5) is 0 Å². The van der Waals surface area contributed by atoms with Gasteiger partial charge >= 0.3 is 0 Å². The van der Waals surface area contributed by atoms with Crippen LogP contribution in [0.15, 0.2) is 46.0 Å². The number of nitrogens with zero attached hydrogens (tertiary/aromatic N) is 2. The third-order valence-corrected chi connectivity index (χ3v) is 5.10. The topological polar surface area (TPSA) is 75.2 Å². The highest BCUT2D eigenvalue weighted by molar-refractivity contribution is 7.16. The standard InChI is InChI=1S/C17H16ClN3O3S/c1-2-20(9-11-7-8-14(18)25-11)15(22)10-21-17(24)13-6-4-3-5-12(13)16(23)19-21/h3-8H,2,9-10H2,1H3,(H,19,23). The van der Waals surface area contributed by atoms with Crippen molar-refractivity contribution in [2.45, 2.75) is 20.0 Å². The maximum absolute atomic E-state index is 12.6. The van der Waals surface area contributed by atoms with Gasteiger partial charge in [0.1, 0.15) is 6.54 Å². The van der Waals surface area contributed by atoms with Crippen molar-refractivity contribution in [1.82, 2.24) is 14.7 Å². The second-order valence-electron chi connectivity index (χ2n) is 5.49. The van der Waals surface area contributed by atoms with Crippen molar-refractivity contribution in [3.05, 3.63) is 66.3 Å². The zero-order valence-electron chi connectivity index (χ0n) is 13.5. The number of likely N-dealkylation sites (N-methyl/N-ethyl adjacent to an activating group) is 1. The van der Waals surface area contributed by atoms with Crippen molar-refractivity contribution in [1.29, 1.82) is 0 Å². The van der Waals surface area contributed by atoms with Crippen molar-refractivity contribution in [2.24, 2.45) is 0 Å². The number of hydrogen-bond donors (Lipinski definition) is 1. The molecule has 0 radical (unpaired) electrons. The van der Waals surface area contributed by atoms with Gasteiger partial charge in [0.15, 0.2) is 0 Å². The van der Waals surface area contributed by atoms with Crippen LogP contribution in [0.3, 0.4) is 0 Å². The number of carbonyl (C=O) groups is 1. The summed E-state index contributed by atoms with van der Waals surface area (Å²) in [4.78, 5) is 39.8. The number of halogens is 1. The van der Waals surface area contributed by atoms with Crippen molar-refractivity contribution in [3.8, 4) is 0 Å². The monoisotopic (exact) mass is 377 g/mol. The lowest BCUT2D eigenvalue weighted by atomic mass is 10.2. The Bertz CT molecular complexity index is 1040. The second-order valence-corrected chi connectivity index (χ2v) is 7.29. The van der Waals surface area contributed by atoms with Crippen molar-refractivity contribution in [2.75, 3.05) is 6.54 Å². The van der Waals surface area contributed by atoms with Crippen LogP contribution >= 0.6 is 22.9 Å². The van der Waals surface area contributed by atoms with Gasteiger partial charge in [-0.25, -0.2) is 4.68 Å².